The van der Waals surface area contributed by atoms with Crippen LogP contribution in [-0.4, -0.2) is 47.8 Å². The van der Waals surface area contributed by atoms with Gasteiger partial charge in [-0.25, -0.2) is 0 Å². The maximum atomic E-state index is 11.4. The minimum Gasteiger partial charge on any atom is -0.396 e. The van der Waals surface area contributed by atoms with E-state index >= 15 is 0 Å². The van der Waals surface area contributed by atoms with Gasteiger partial charge in [-0.05, 0) is 0 Å². The van der Waals surface area contributed by atoms with Crippen LogP contribution in [0.15, 0.2) is 0 Å². The third-order valence-corrected chi connectivity index (χ3v) is 2.21. The molecule has 0 saturated carbocycles. The molecule has 2 N–H and O–H groups in total. The van der Waals surface area contributed by atoms with Crippen LogP contribution >= 0.6 is 0 Å². The Kier molecular flexibility index (Phi) is 4.95. The van der Waals surface area contributed by atoms with Crippen molar-refractivity contribution in [1.29, 1.82) is 0 Å². The first-order valence-corrected chi connectivity index (χ1v) is 4.41. The molecule has 1 amide bonds. The molecule has 0 heterocycles. The van der Waals surface area contributed by atoms with E-state index < -0.39 is 12.0 Å². The molecule has 78 valence electrons. The maximum absolute atomic E-state index is 11.4. The summed E-state index contributed by atoms with van der Waals surface area (Å²) in [4.78, 5) is 12.8. The number of nitrogens with zero attached hydrogens (tertiary/aromatic N) is 1. The Balaban J connectivity index is 4.24. The molecule has 0 fully saturated rings. The largest absolute Gasteiger partial charge is 0.396 e. The summed E-state index contributed by atoms with van der Waals surface area (Å²) in [7, 11) is 3.30. The van der Waals surface area contributed by atoms with Crippen molar-refractivity contribution in [3.05, 3.63) is 0 Å². The van der Waals surface area contributed by atoms with Crippen molar-refractivity contribution in [2.75, 3.05) is 20.7 Å². The number of hydrogen-bond acceptors (Lipinski definition) is 3. The Morgan fingerprint density at radius 3 is 2.15 bits per heavy atom. The highest BCUT2D eigenvalue weighted by Crippen LogP contribution is 2.14. The van der Waals surface area contributed by atoms with Crippen LogP contribution in [0.5, 0.6) is 0 Å². The molecule has 4 nitrogen and oxygen atoms in total. The van der Waals surface area contributed by atoms with E-state index in [2.05, 4.69) is 0 Å². The second-order valence-corrected chi connectivity index (χ2v) is 3.67. The molecule has 3 atom stereocenters. The first-order valence-electron chi connectivity index (χ1n) is 4.41. The highest BCUT2D eigenvalue weighted by molar-refractivity contribution is 5.78. The van der Waals surface area contributed by atoms with Crippen molar-refractivity contribution in [1.82, 2.24) is 4.90 Å². The van der Waals surface area contributed by atoms with E-state index in [9.17, 15) is 9.90 Å². The smallest absolute Gasteiger partial charge is 0.227 e. The van der Waals surface area contributed by atoms with Crippen LogP contribution < -0.4 is 0 Å². The Hall–Kier alpha value is -0.610. The second kappa shape index (κ2) is 5.19. The summed E-state index contributed by atoms with van der Waals surface area (Å²) in [6.07, 6.45) is -0.778. The molecule has 0 aromatic heterocycles. The Morgan fingerprint density at radius 2 is 1.85 bits per heavy atom. The fourth-order valence-corrected chi connectivity index (χ4v) is 1.15. The lowest BCUT2D eigenvalue weighted by atomic mass is 9.93. The molecule has 0 saturated heterocycles. The van der Waals surface area contributed by atoms with Gasteiger partial charge in [0.05, 0.1) is 12.0 Å². The summed E-state index contributed by atoms with van der Waals surface area (Å²) in [5, 5.41) is 18.4. The van der Waals surface area contributed by atoms with Crippen molar-refractivity contribution in [3.8, 4) is 0 Å². The van der Waals surface area contributed by atoms with Gasteiger partial charge in [-0.15, -0.1) is 0 Å². The van der Waals surface area contributed by atoms with Gasteiger partial charge in [-0.2, -0.15) is 0 Å². The predicted molar refractivity (Wildman–Crippen MR) is 50.1 cm³/mol. The Labute approximate surface area is 79.2 Å². The highest BCUT2D eigenvalue weighted by Gasteiger charge is 2.27. The molecule has 0 radical (unpaired) electrons. The number of hydrogen-bond donors (Lipinski definition) is 2. The standard InChI is InChI=1S/C9H19NO3/c1-6(5-11)8(12)7(2)9(13)10(3)4/h6-8,11-12H,5H2,1-4H3/t6-,7+,8-/m0/s1. The molecule has 0 aliphatic rings. The van der Waals surface area contributed by atoms with Crippen LogP contribution in [0, 0.1) is 11.8 Å². The third kappa shape index (κ3) is 3.32. The third-order valence-electron chi connectivity index (χ3n) is 2.21. The minimum absolute atomic E-state index is 0.105. The predicted octanol–water partition coefficient (Wildman–Crippen LogP) is -0.300. The molecule has 0 aliphatic heterocycles. The zero-order valence-electron chi connectivity index (χ0n) is 8.69. The summed E-state index contributed by atoms with van der Waals surface area (Å²) in [5.74, 6) is -0.844. The molecule has 0 aromatic rings. The van der Waals surface area contributed by atoms with E-state index in [0.29, 0.717) is 0 Å². The van der Waals surface area contributed by atoms with Crippen LogP contribution in [0.4, 0.5) is 0 Å². The van der Waals surface area contributed by atoms with Gasteiger partial charge in [0.25, 0.3) is 0 Å². The number of amides is 1. The molecule has 0 aromatic carbocycles. The van der Waals surface area contributed by atoms with E-state index in [4.69, 9.17) is 5.11 Å². The van der Waals surface area contributed by atoms with Crippen LogP contribution in [0.3, 0.4) is 0 Å². The molecule has 4 heteroatoms. The summed E-state index contributed by atoms with van der Waals surface area (Å²) >= 11 is 0. The maximum Gasteiger partial charge on any atom is 0.227 e. The van der Waals surface area contributed by atoms with Crippen molar-refractivity contribution >= 4 is 5.91 Å². The lowest BCUT2D eigenvalue weighted by molar-refractivity contribution is -0.137. The fraction of sp³-hybridized carbons (Fsp3) is 0.889. The van der Waals surface area contributed by atoms with Crippen LogP contribution in [0.1, 0.15) is 13.8 Å². The topological polar surface area (TPSA) is 60.8 Å². The molecule has 13 heavy (non-hydrogen) atoms. The first kappa shape index (κ1) is 12.4. The fourth-order valence-electron chi connectivity index (χ4n) is 1.15. The molecule has 0 spiro atoms. The average molecular weight is 189 g/mol. The van der Waals surface area contributed by atoms with E-state index in [0.717, 1.165) is 0 Å². The number of carbonyl (C=O) groups is 1. The molecule has 0 unspecified atom stereocenters. The minimum atomic E-state index is -0.778. The number of aliphatic hydroxyl groups is 2. The monoisotopic (exact) mass is 189 g/mol. The molecular weight excluding hydrogens is 170 g/mol. The van der Waals surface area contributed by atoms with Crippen molar-refractivity contribution in [2.24, 2.45) is 11.8 Å². The summed E-state index contributed by atoms with van der Waals surface area (Å²) in [6, 6.07) is 0. The molecule has 0 aliphatic carbocycles. The van der Waals surface area contributed by atoms with Gasteiger partial charge in [0.1, 0.15) is 0 Å². The van der Waals surface area contributed by atoms with Crippen molar-refractivity contribution < 1.29 is 15.0 Å². The quantitative estimate of drug-likeness (QED) is 0.638. The van der Waals surface area contributed by atoms with Gasteiger partial charge in [0, 0.05) is 26.6 Å². The number of aliphatic hydroxyl groups excluding tert-OH is 2. The SMILES string of the molecule is C[C@@H](CO)[C@H](O)[C@@H](C)C(=O)N(C)C. The second-order valence-electron chi connectivity index (χ2n) is 3.67. The Morgan fingerprint density at radius 1 is 1.38 bits per heavy atom. The van der Waals surface area contributed by atoms with Gasteiger partial charge >= 0.3 is 0 Å². The molecular formula is C9H19NO3. The van der Waals surface area contributed by atoms with Gasteiger partial charge in [0.15, 0.2) is 0 Å². The van der Waals surface area contributed by atoms with Crippen LogP contribution in [-0.2, 0) is 4.79 Å². The summed E-state index contributed by atoms with van der Waals surface area (Å²) in [5.41, 5.74) is 0. The van der Waals surface area contributed by atoms with Crippen molar-refractivity contribution in [3.63, 3.8) is 0 Å². The number of carbonyl (C=O) groups excluding carboxylic acids is 1. The van der Waals surface area contributed by atoms with Gasteiger partial charge in [-0.1, -0.05) is 13.8 Å². The van der Waals surface area contributed by atoms with Gasteiger partial charge in [0.2, 0.25) is 5.91 Å². The number of rotatable bonds is 4. The van der Waals surface area contributed by atoms with E-state index in [1.165, 1.54) is 4.90 Å². The molecule has 0 rings (SSSR count). The van der Waals surface area contributed by atoms with E-state index in [1.807, 2.05) is 0 Å². The zero-order chi connectivity index (χ0) is 10.6. The van der Waals surface area contributed by atoms with Crippen LogP contribution in [0.25, 0.3) is 0 Å². The highest BCUT2D eigenvalue weighted by atomic mass is 16.3. The van der Waals surface area contributed by atoms with Gasteiger partial charge < -0.3 is 15.1 Å². The molecule has 0 bridgehead atoms. The average Bonchev–Trinajstić information content (AvgIpc) is 2.12. The first-order chi connectivity index (χ1) is 5.91. The lowest BCUT2D eigenvalue weighted by Gasteiger charge is -2.25. The zero-order valence-corrected chi connectivity index (χ0v) is 8.69. The van der Waals surface area contributed by atoms with E-state index in [-0.39, 0.29) is 18.4 Å². The van der Waals surface area contributed by atoms with Crippen molar-refractivity contribution in [2.45, 2.75) is 20.0 Å². The van der Waals surface area contributed by atoms with Crippen LogP contribution in [0.2, 0.25) is 0 Å². The Bertz CT molecular complexity index is 170. The van der Waals surface area contributed by atoms with E-state index in [1.54, 1.807) is 27.9 Å². The summed E-state index contributed by atoms with van der Waals surface area (Å²) in [6.45, 7) is 3.27. The van der Waals surface area contributed by atoms with Gasteiger partial charge in [-0.3, -0.25) is 4.79 Å². The lowest BCUT2D eigenvalue weighted by Crippen LogP contribution is -2.39. The normalized spacial score (nSPS) is 17.7. The summed E-state index contributed by atoms with van der Waals surface area (Å²) < 4.78 is 0.